The van der Waals surface area contributed by atoms with Crippen molar-refractivity contribution in [1.82, 2.24) is 0 Å². The Morgan fingerprint density at radius 1 is 1.35 bits per heavy atom. The van der Waals surface area contributed by atoms with Crippen molar-refractivity contribution in [3.8, 4) is 0 Å². The van der Waals surface area contributed by atoms with Gasteiger partial charge in [0.15, 0.2) is 0 Å². The molecule has 0 aliphatic rings. The molecule has 3 N–H and O–H groups in total. The minimum atomic E-state index is -4.54. The van der Waals surface area contributed by atoms with E-state index in [0.717, 1.165) is 12.5 Å². The van der Waals surface area contributed by atoms with Crippen molar-refractivity contribution in [2.45, 2.75) is 44.5 Å². The van der Waals surface area contributed by atoms with E-state index in [1.54, 1.807) is 0 Å². The van der Waals surface area contributed by atoms with Gasteiger partial charge >= 0.3 is 6.18 Å². The Morgan fingerprint density at radius 3 is 2.45 bits per heavy atom. The predicted octanol–water partition coefficient (Wildman–Crippen LogP) is 4.33. The predicted molar refractivity (Wildman–Crippen MR) is 76.2 cm³/mol. The second-order valence-corrected chi connectivity index (χ2v) is 4.90. The van der Waals surface area contributed by atoms with Crippen LogP contribution in [0.1, 0.15) is 43.4 Å². The van der Waals surface area contributed by atoms with E-state index in [2.05, 4.69) is 0 Å². The highest BCUT2D eigenvalue weighted by Gasteiger charge is 2.36. The molecular weight excluding hydrogens is 314 g/mol. The molecule has 0 aromatic heterocycles. The standard InChI is InChI=1S/C13H17ClF3NO.ClH/c1-2-3-4-11(19)12(18)9-6-5-8(14)7-10(9)13(15,16)17;/h5-7,11-12,19H,2-4,18H2,1H3;1H/t11-,12+;/m1./s1. The fraction of sp³-hybridized carbons (Fsp3) is 0.538. The zero-order valence-electron chi connectivity index (χ0n) is 11.0. The van der Waals surface area contributed by atoms with Crippen LogP contribution in [0.15, 0.2) is 18.2 Å². The molecular formula is C13H18Cl2F3NO. The van der Waals surface area contributed by atoms with Gasteiger partial charge in [0.25, 0.3) is 0 Å². The number of aliphatic hydroxyl groups is 1. The van der Waals surface area contributed by atoms with Crippen LogP contribution in [0.2, 0.25) is 5.02 Å². The van der Waals surface area contributed by atoms with Crippen LogP contribution in [-0.2, 0) is 6.18 Å². The van der Waals surface area contributed by atoms with Gasteiger partial charge in [-0.3, -0.25) is 0 Å². The maximum Gasteiger partial charge on any atom is 0.416 e. The summed E-state index contributed by atoms with van der Waals surface area (Å²) in [6, 6.07) is 2.34. The average Bonchev–Trinajstić information content (AvgIpc) is 2.34. The number of nitrogens with two attached hydrogens (primary N) is 1. The van der Waals surface area contributed by atoms with E-state index < -0.39 is 23.9 Å². The number of hydrogen-bond donors (Lipinski definition) is 2. The molecule has 0 unspecified atom stereocenters. The van der Waals surface area contributed by atoms with E-state index in [9.17, 15) is 18.3 Å². The van der Waals surface area contributed by atoms with Crippen molar-refractivity contribution in [3.05, 3.63) is 34.3 Å². The molecule has 0 saturated carbocycles. The topological polar surface area (TPSA) is 46.2 Å². The lowest BCUT2D eigenvalue weighted by Crippen LogP contribution is -2.28. The molecule has 7 heteroatoms. The van der Waals surface area contributed by atoms with Gasteiger partial charge in [0.2, 0.25) is 0 Å². The molecule has 0 aliphatic carbocycles. The first-order valence-electron chi connectivity index (χ1n) is 6.07. The molecule has 20 heavy (non-hydrogen) atoms. The van der Waals surface area contributed by atoms with Crippen LogP contribution in [-0.4, -0.2) is 11.2 Å². The maximum atomic E-state index is 12.9. The number of benzene rings is 1. The quantitative estimate of drug-likeness (QED) is 0.843. The fourth-order valence-corrected chi connectivity index (χ4v) is 2.04. The molecule has 1 rings (SSSR count). The van der Waals surface area contributed by atoms with E-state index in [1.165, 1.54) is 12.1 Å². The lowest BCUT2D eigenvalue weighted by Gasteiger charge is -2.23. The monoisotopic (exact) mass is 331 g/mol. The molecule has 0 spiro atoms. The van der Waals surface area contributed by atoms with Crippen molar-refractivity contribution in [2.24, 2.45) is 5.73 Å². The van der Waals surface area contributed by atoms with Crippen molar-refractivity contribution >= 4 is 24.0 Å². The van der Waals surface area contributed by atoms with Crippen LogP contribution >= 0.6 is 24.0 Å². The summed E-state index contributed by atoms with van der Waals surface area (Å²) in [4.78, 5) is 0. The van der Waals surface area contributed by atoms with Gasteiger partial charge in [-0.15, -0.1) is 12.4 Å². The van der Waals surface area contributed by atoms with Crippen LogP contribution in [0.4, 0.5) is 13.2 Å². The third kappa shape index (κ3) is 5.13. The summed E-state index contributed by atoms with van der Waals surface area (Å²) < 4.78 is 38.7. The number of hydrogen-bond acceptors (Lipinski definition) is 2. The van der Waals surface area contributed by atoms with E-state index in [0.29, 0.717) is 12.8 Å². The van der Waals surface area contributed by atoms with Crippen LogP contribution in [0.3, 0.4) is 0 Å². The Hall–Kier alpha value is -0.490. The lowest BCUT2D eigenvalue weighted by molar-refractivity contribution is -0.138. The molecule has 2 atom stereocenters. The summed E-state index contributed by atoms with van der Waals surface area (Å²) in [5.74, 6) is 0. The highest BCUT2D eigenvalue weighted by Crippen LogP contribution is 2.36. The Labute approximate surface area is 127 Å². The zero-order chi connectivity index (χ0) is 14.6. The van der Waals surface area contributed by atoms with E-state index in [-0.39, 0.29) is 23.0 Å². The van der Waals surface area contributed by atoms with Gasteiger partial charge in [-0.05, 0) is 24.1 Å². The SMILES string of the molecule is CCCC[C@@H](O)[C@@H](N)c1ccc(Cl)cc1C(F)(F)F.Cl. The maximum absolute atomic E-state index is 12.9. The number of unbranched alkanes of at least 4 members (excludes halogenated alkanes) is 1. The van der Waals surface area contributed by atoms with E-state index in [4.69, 9.17) is 17.3 Å². The van der Waals surface area contributed by atoms with E-state index in [1.807, 2.05) is 6.92 Å². The Bertz CT molecular complexity index is 427. The Kier molecular flexibility index (Phi) is 7.88. The molecule has 0 bridgehead atoms. The molecule has 0 heterocycles. The summed E-state index contributed by atoms with van der Waals surface area (Å²) in [5, 5.41) is 9.83. The number of alkyl halides is 3. The molecule has 0 saturated heterocycles. The first-order chi connectivity index (χ1) is 8.77. The van der Waals surface area contributed by atoms with Crippen LogP contribution in [0, 0.1) is 0 Å². The zero-order valence-corrected chi connectivity index (χ0v) is 12.5. The third-order valence-electron chi connectivity index (χ3n) is 2.95. The molecule has 2 nitrogen and oxygen atoms in total. The Balaban J connectivity index is 0.00000361. The summed E-state index contributed by atoms with van der Waals surface area (Å²) >= 11 is 5.59. The summed E-state index contributed by atoms with van der Waals surface area (Å²) in [5.41, 5.74) is 4.72. The van der Waals surface area contributed by atoms with Gasteiger partial charge in [-0.1, -0.05) is 37.4 Å². The van der Waals surface area contributed by atoms with Crippen LogP contribution in [0.5, 0.6) is 0 Å². The first-order valence-corrected chi connectivity index (χ1v) is 6.45. The molecule has 0 aliphatic heterocycles. The normalized spacial score (nSPS) is 14.6. The van der Waals surface area contributed by atoms with Gasteiger partial charge in [0.1, 0.15) is 0 Å². The van der Waals surface area contributed by atoms with Gasteiger partial charge in [-0.2, -0.15) is 13.2 Å². The number of aliphatic hydroxyl groups excluding tert-OH is 1. The lowest BCUT2D eigenvalue weighted by atomic mass is 9.94. The minimum absolute atomic E-state index is 0. The molecule has 0 radical (unpaired) electrons. The summed E-state index contributed by atoms with van der Waals surface area (Å²) in [6.45, 7) is 1.93. The van der Waals surface area contributed by atoms with Gasteiger partial charge in [0.05, 0.1) is 17.7 Å². The van der Waals surface area contributed by atoms with Gasteiger partial charge in [0, 0.05) is 5.02 Å². The highest BCUT2D eigenvalue weighted by atomic mass is 35.5. The second kappa shape index (κ2) is 8.08. The Morgan fingerprint density at radius 2 is 1.95 bits per heavy atom. The van der Waals surface area contributed by atoms with Crippen LogP contribution < -0.4 is 5.73 Å². The minimum Gasteiger partial charge on any atom is -0.391 e. The van der Waals surface area contributed by atoms with Gasteiger partial charge < -0.3 is 10.8 Å². The molecule has 1 aromatic carbocycles. The largest absolute Gasteiger partial charge is 0.416 e. The summed E-state index contributed by atoms with van der Waals surface area (Å²) in [7, 11) is 0. The molecule has 116 valence electrons. The van der Waals surface area contributed by atoms with Crippen molar-refractivity contribution < 1.29 is 18.3 Å². The van der Waals surface area contributed by atoms with E-state index >= 15 is 0 Å². The average molecular weight is 332 g/mol. The fourth-order valence-electron chi connectivity index (χ4n) is 1.86. The van der Waals surface area contributed by atoms with Crippen molar-refractivity contribution in [1.29, 1.82) is 0 Å². The number of rotatable bonds is 5. The van der Waals surface area contributed by atoms with Crippen molar-refractivity contribution in [2.75, 3.05) is 0 Å². The molecule has 1 aromatic rings. The molecule has 0 amide bonds. The highest BCUT2D eigenvalue weighted by molar-refractivity contribution is 6.30. The smallest absolute Gasteiger partial charge is 0.391 e. The van der Waals surface area contributed by atoms with Crippen LogP contribution in [0.25, 0.3) is 0 Å². The second-order valence-electron chi connectivity index (χ2n) is 4.46. The number of halogens is 5. The first kappa shape index (κ1) is 19.5. The molecule has 0 fully saturated rings. The van der Waals surface area contributed by atoms with Crippen molar-refractivity contribution in [3.63, 3.8) is 0 Å². The third-order valence-corrected chi connectivity index (χ3v) is 3.18. The van der Waals surface area contributed by atoms with Gasteiger partial charge in [-0.25, -0.2) is 0 Å². The summed E-state index contributed by atoms with van der Waals surface area (Å²) in [6.07, 6.45) is -3.61.